The van der Waals surface area contributed by atoms with E-state index in [1.165, 1.54) is 12.4 Å². The first-order chi connectivity index (χ1) is 9.20. The Balaban J connectivity index is 3.02. The third kappa shape index (κ3) is 4.97. The molecule has 0 unspecified atom stereocenters. The second-order valence-corrected chi connectivity index (χ2v) is 5.55. The molecule has 6 heteroatoms. The van der Waals surface area contributed by atoms with Gasteiger partial charge in [-0.05, 0) is 38.5 Å². The lowest BCUT2D eigenvalue weighted by molar-refractivity contribution is -0.157. The van der Waals surface area contributed by atoms with Crippen molar-refractivity contribution in [3.05, 3.63) is 30.1 Å². The van der Waals surface area contributed by atoms with Gasteiger partial charge in [0.05, 0.1) is 12.3 Å². The number of rotatable bonds is 5. The molecule has 110 valence electrons. The van der Waals surface area contributed by atoms with Gasteiger partial charge in [-0.3, -0.25) is 14.6 Å². The van der Waals surface area contributed by atoms with Crippen LogP contribution >= 0.6 is 0 Å². The van der Waals surface area contributed by atoms with E-state index < -0.39 is 29.5 Å². The predicted molar refractivity (Wildman–Crippen MR) is 73.1 cm³/mol. The van der Waals surface area contributed by atoms with Crippen LogP contribution < -0.4 is 5.73 Å². The van der Waals surface area contributed by atoms with Gasteiger partial charge in [0.2, 0.25) is 0 Å². The molecule has 0 amide bonds. The number of nitrogens with zero attached hydrogens (tertiary/aromatic N) is 1. The fourth-order valence-corrected chi connectivity index (χ4v) is 1.81. The van der Waals surface area contributed by atoms with E-state index in [0.29, 0.717) is 5.56 Å². The molecule has 0 bridgehead atoms. The summed E-state index contributed by atoms with van der Waals surface area (Å²) < 4.78 is 5.32. The number of ether oxygens (including phenoxy) is 1. The molecule has 0 fully saturated rings. The number of carboxylic acid groups (broad SMARTS) is 1. The quantitative estimate of drug-likeness (QED) is 0.788. The number of carboxylic acids is 1. The normalized spacial score (nSPS) is 14.4. The van der Waals surface area contributed by atoms with Crippen molar-refractivity contribution >= 4 is 11.9 Å². The van der Waals surface area contributed by atoms with Crippen molar-refractivity contribution in [2.24, 2.45) is 5.73 Å². The van der Waals surface area contributed by atoms with Gasteiger partial charge in [0.25, 0.3) is 0 Å². The van der Waals surface area contributed by atoms with Gasteiger partial charge in [-0.1, -0.05) is 0 Å². The van der Waals surface area contributed by atoms with Crippen molar-refractivity contribution in [3.8, 4) is 0 Å². The standard InChI is InChI=1S/C14H20N2O4/c1-14(2,3)20-13(19)12(10(15)8-11(17)18)9-4-6-16-7-5-9/h4-7,10,12H,8,15H2,1-3H3,(H,17,18)/t10-,12+/m1/s1. The van der Waals surface area contributed by atoms with E-state index in [-0.39, 0.29) is 6.42 Å². The third-order valence-corrected chi connectivity index (χ3v) is 2.56. The first kappa shape index (κ1) is 16.1. The molecule has 0 aliphatic carbocycles. The van der Waals surface area contributed by atoms with Crippen molar-refractivity contribution in [1.29, 1.82) is 0 Å². The second-order valence-electron chi connectivity index (χ2n) is 5.55. The number of aliphatic carboxylic acids is 1. The van der Waals surface area contributed by atoms with E-state index in [4.69, 9.17) is 15.6 Å². The monoisotopic (exact) mass is 280 g/mol. The highest BCUT2D eigenvalue weighted by atomic mass is 16.6. The average molecular weight is 280 g/mol. The summed E-state index contributed by atoms with van der Waals surface area (Å²) in [5.41, 5.74) is 5.81. The predicted octanol–water partition coefficient (Wildman–Crippen LogP) is 1.31. The van der Waals surface area contributed by atoms with Crippen LogP contribution in [0.25, 0.3) is 0 Å². The largest absolute Gasteiger partial charge is 0.481 e. The smallest absolute Gasteiger partial charge is 0.315 e. The molecule has 3 N–H and O–H groups in total. The molecule has 0 saturated heterocycles. The van der Waals surface area contributed by atoms with E-state index in [1.807, 2.05) is 0 Å². The van der Waals surface area contributed by atoms with Crippen LogP contribution in [0.4, 0.5) is 0 Å². The Morgan fingerprint density at radius 2 is 1.90 bits per heavy atom. The molecule has 0 radical (unpaired) electrons. The van der Waals surface area contributed by atoms with Crippen molar-refractivity contribution in [3.63, 3.8) is 0 Å². The van der Waals surface area contributed by atoms with Gasteiger partial charge in [0.15, 0.2) is 0 Å². The SMILES string of the molecule is CC(C)(C)OC(=O)[C@@H](c1ccncc1)[C@H](N)CC(=O)O. The Kier molecular flexibility index (Phi) is 5.21. The van der Waals surface area contributed by atoms with Crippen LogP contribution in [0.1, 0.15) is 38.7 Å². The van der Waals surface area contributed by atoms with Crippen LogP contribution in [0.15, 0.2) is 24.5 Å². The fourth-order valence-electron chi connectivity index (χ4n) is 1.81. The maximum absolute atomic E-state index is 12.3. The number of nitrogens with two attached hydrogens (primary N) is 1. The van der Waals surface area contributed by atoms with Crippen LogP contribution in [0.5, 0.6) is 0 Å². The molecule has 0 saturated carbocycles. The Hall–Kier alpha value is -1.95. The second kappa shape index (κ2) is 6.47. The summed E-state index contributed by atoms with van der Waals surface area (Å²) in [7, 11) is 0. The van der Waals surface area contributed by atoms with Gasteiger partial charge in [-0.25, -0.2) is 0 Å². The molecule has 1 rings (SSSR count). The zero-order chi connectivity index (χ0) is 15.3. The maximum atomic E-state index is 12.3. The molecule has 0 aliphatic heterocycles. The number of carbonyl (C=O) groups excluding carboxylic acids is 1. The molecule has 1 heterocycles. The number of carbonyl (C=O) groups is 2. The van der Waals surface area contributed by atoms with Gasteiger partial charge in [0.1, 0.15) is 5.60 Å². The topological polar surface area (TPSA) is 103 Å². The summed E-state index contributed by atoms with van der Waals surface area (Å²) >= 11 is 0. The van der Waals surface area contributed by atoms with Gasteiger partial charge in [0, 0.05) is 18.4 Å². The van der Waals surface area contributed by atoms with Crippen molar-refractivity contribution in [2.45, 2.75) is 44.8 Å². The summed E-state index contributed by atoms with van der Waals surface area (Å²) in [6.45, 7) is 5.24. The highest BCUT2D eigenvalue weighted by molar-refractivity contribution is 5.80. The lowest BCUT2D eigenvalue weighted by atomic mass is 9.90. The Bertz CT molecular complexity index is 468. The van der Waals surface area contributed by atoms with Crippen LogP contribution in [0.3, 0.4) is 0 Å². The van der Waals surface area contributed by atoms with Crippen LogP contribution in [-0.2, 0) is 14.3 Å². The molecule has 0 spiro atoms. The molecule has 0 aliphatic rings. The lowest BCUT2D eigenvalue weighted by Gasteiger charge is -2.26. The van der Waals surface area contributed by atoms with E-state index >= 15 is 0 Å². The highest BCUT2D eigenvalue weighted by Gasteiger charge is 2.32. The summed E-state index contributed by atoms with van der Waals surface area (Å²) in [4.78, 5) is 26.9. The molecular formula is C14H20N2O4. The average Bonchev–Trinajstić information content (AvgIpc) is 2.26. The van der Waals surface area contributed by atoms with Crippen molar-refractivity contribution < 1.29 is 19.4 Å². The van der Waals surface area contributed by atoms with E-state index in [1.54, 1.807) is 32.9 Å². The summed E-state index contributed by atoms with van der Waals surface area (Å²) in [5, 5.41) is 8.85. The number of esters is 1. The molecular weight excluding hydrogens is 260 g/mol. The molecule has 6 nitrogen and oxygen atoms in total. The van der Waals surface area contributed by atoms with Crippen molar-refractivity contribution in [1.82, 2.24) is 4.98 Å². The third-order valence-electron chi connectivity index (χ3n) is 2.56. The van der Waals surface area contributed by atoms with Crippen LogP contribution in [-0.4, -0.2) is 33.7 Å². The summed E-state index contributed by atoms with van der Waals surface area (Å²) in [5.74, 6) is -2.41. The lowest BCUT2D eigenvalue weighted by Crippen LogP contribution is -2.39. The Labute approximate surface area is 118 Å². The molecule has 0 aromatic carbocycles. The molecule has 1 aromatic heterocycles. The summed E-state index contributed by atoms with van der Waals surface area (Å²) in [6.07, 6.45) is 2.74. The Morgan fingerprint density at radius 1 is 1.35 bits per heavy atom. The maximum Gasteiger partial charge on any atom is 0.315 e. The van der Waals surface area contributed by atoms with Crippen LogP contribution in [0.2, 0.25) is 0 Å². The minimum atomic E-state index is -1.06. The van der Waals surface area contributed by atoms with Gasteiger partial charge in [-0.2, -0.15) is 0 Å². The minimum absolute atomic E-state index is 0.313. The van der Waals surface area contributed by atoms with Gasteiger partial charge < -0.3 is 15.6 Å². The van der Waals surface area contributed by atoms with Crippen LogP contribution in [0, 0.1) is 0 Å². The van der Waals surface area contributed by atoms with E-state index in [9.17, 15) is 9.59 Å². The number of hydrogen-bond acceptors (Lipinski definition) is 5. The van der Waals surface area contributed by atoms with Gasteiger partial charge in [-0.15, -0.1) is 0 Å². The molecule has 2 atom stereocenters. The van der Waals surface area contributed by atoms with Gasteiger partial charge >= 0.3 is 11.9 Å². The van der Waals surface area contributed by atoms with Crippen molar-refractivity contribution in [2.75, 3.05) is 0 Å². The first-order valence-corrected chi connectivity index (χ1v) is 6.31. The molecule has 1 aromatic rings. The minimum Gasteiger partial charge on any atom is -0.481 e. The fraction of sp³-hybridized carbons (Fsp3) is 0.500. The summed E-state index contributed by atoms with van der Waals surface area (Å²) in [6, 6.07) is 2.41. The number of aromatic nitrogens is 1. The number of pyridine rings is 1. The zero-order valence-corrected chi connectivity index (χ0v) is 11.9. The number of hydrogen-bond donors (Lipinski definition) is 2. The highest BCUT2D eigenvalue weighted by Crippen LogP contribution is 2.24. The van der Waals surface area contributed by atoms with E-state index in [2.05, 4.69) is 4.98 Å². The molecule has 20 heavy (non-hydrogen) atoms. The Morgan fingerprint density at radius 3 is 2.35 bits per heavy atom. The first-order valence-electron chi connectivity index (χ1n) is 6.31. The van der Waals surface area contributed by atoms with E-state index in [0.717, 1.165) is 0 Å². The zero-order valence-electron chi connectivity index (χ0n) is 11.9.